The molecule has 0 aliphatic carbocycles. The second-order valence-electron chi connectivity index (χ2n) is 7.38. The van der Waals surface area contributed by atoms with Crippen molar-refractivity contribution in [2.24, 2.45) is 0 Å². The van der Waals surface area contributed by atoms with Gasteiger partial charge in [0.15, 0.2) is 5.76 Å². The van der Waals surface area contributed by atoms with Crippen molar-refractivity contribution in [3.05, 3.63) is 83.7 Å². The molecule has 0 saturated heterocycles. The van der Waals surface area contributed by atoms with Crippen LogP contribution in [0.15, 0.2) is 71.4 Å². The van der Waals surface area contributed by atoms with Gasteiger partial charge >= 0.3 is 0 Å². The standard InChI is InChI=1S/C23H23N3O3/c1-26-20-10-6-5-9-19(20)23(22(26)28,15-17-7-3-2-4-8-17)13-11-21(27)24-16-18-12-14-25-29-18/h2-10,12,14H,11,13,15-16H2,1H3,(H,24,27). The smallest absolute Gasteiger partial charge is 0.237 e. The summed E-state index contributed by atoms with van der Waals surface area (Å²) in [6, 6.07) is 19.5. The minimum absolute atomic E-state index is 0.0330. The average Bonchev–Trinajstić information content (AvgIpc) is 3.34. The molecule has 3 aromatic rings. The van der Waals surface area contributed by atoms with Crippen LogP contribution in [0, 0.1) is 0 Å². The maximum Gasteiger partial charge on any atom is 0.237 e. The Labute approximate surface area is 169 Å². The quantitative estimate of drug-likeness (QED) is 0.673. The van der Waals surface area contributed by atoms with Crippen LogP contribution in [0.2, 0.25) is 0 Å². The molecule has 0 bridgehead atoms. The van der Waals surface area contributed by atoms with E-state index in [1.165, 1.54) is 0 Å². The van der Waals surface area contributed by atoms with Crippen LogP contribution < -0.4 is 10.2 Å². The topological polar surface area (TPSA) is 75.4 Å². The summed E-state index contributed by atoms with van der Waals surface area (Å²) < 4.78 is 5.01. The van der Waals surface area contributed by atoms with Gasteiger partial charge in [0, 0.05) is 25.2 Å². The Morgan fingerprint density at radius 1 is 1.10 bits per heavy atom. The molecule has 1 aliphatic rings. The van der Waals surface area contributed by atoms with Crippen LogP contribution in [0.3, 0.4) is 0 Å². The van der Waals surface area contributed by atoms with Gasteiger partial charge in [0.2, 0.25) is 11.8 Å². The summed E-state index contributed by atoms with van der Waals surface area (Å²) in [5.41, 5.74) is 2.22. The van der Waals surface area contributed by atoms with E-state index in [9.17, 15) is 9.59 Å². The van der Waals surface area contributed by atoms with Gasteiger partial charge < -0.3 is 14.7 Å². The number of likely N-dealkylation sites (N-methyl/N-ethyl adjacent to an activating group) is 1. The number of benzene rings is 2. The van der Waals surface area contributed by atoms with Crippen molar-refractivity contribution in [2.75, 3.05) is 11.9 Å². The molecule has 0 radical (unpaired) electrons. The molecule has 1 N–H and O–H groups in total. The van der Waals surface area contributed by atoms with Crippen LogP contribution in [0.4, 0.5) is 5.69 Å². The molecule has 6 nitrogen and oxygen atoms in total. The Balaban J connectivity index is 1.58. The van der Waals surface area contributed by atoms with Crippen molar-refractivity contribution in [1.82, 2.24) is 10.5 Å². The van der Waals surface area contributed by atoms with Gasteiger partial charge in [-0.1, -0.05) is 53.7 Å². The summed E-state index contributed by atoms with van der Waals surface area (Å²) in [6.45, 7) is 0.287. The maximum atomic E-state index is 13.4. The van der Waals surface area contributed by atoms with Gasteiger partial charge in [0.1, 0.15) is 0 Å². The van der Waals surface area contributed by atoms with E-state index >= 15 is 0 Å². The van der Waals surface area contributed by atoms with Gasteiger partial charge in [-0.25, -0.2) is 0 Å². The summed E-state index contributed by atoms with van der Waals surface area (Å²) >= 11 is 0. The van der Waals surface area contributed by atoms with Crippen LogP contribution in [0.25, 0.3) is 0 Å². The number of fused-ring (bicyclic) bond motifs is 1. The molecular formula is C23H23N3O3. The average molecular weight is 389 g/mol. The van der Waals surface area contributed by atoms with Crippen molar-refractivity contribution < 1.29 is 14.1 Å². The SMILES string of the molecule is CN1C(=O)C(CCC(=O)NCc2ccno2)(Cc2ccccc2)c2ccccc21. The van der Waals surface area contributed by atoms with Crippen molar-refractivity contribution in [3.8, 4) is 0 Å². The Kier molecular flexibility index (Phi) is 5.16. The third-order valence-corrected chi connectivity index (χ3v) is 5.57. The van der Waals surface area contributed by atoms with E-state index in [1.807, 2.05) is 54.6 Å². The first kappa shape index (κ1) is 18.9. The molecule has 1 aliphatic heterocycles. The van der Waals surface area contributed by atoms with Crippen molar-refractivity contribution in [2.45, 2.75) is 31.2 Å². The summed E-state index contributed by atoms with van der Waals surface area (Å²) in [5.74, 6) is 0.513. The lowest BCUT2D eigenvalue weighted by molar-refractivity contribution is -0.124. The minimum Gasteiger partial charge on any atom is -0.360 e. The second kappa shape index (κ2) is 7.91. The maximum absolute atomic E-state index is 13.4. The zero-order valence-corrected chi connectivity index (χ0v) is 16.3. The van der Waals surface area contributed by atoms with E-state index in [2.05, 4.69) is 10.5 Å². The highest BCUT2D eigenvalue weighted by Crippen LogP contribution is 2.46. The number of nitrogens with zero attached hydrogens (tertiary/aromatic N) is 2. The fourth-order valence-corrected chi connectivity index (χ4v) is 4.10. The summed E-state index contributed by atoms with van der Waals surface area (Å²) in [5, 5.41) is 6.48. The number of hydrogen-bond acceptors (Lipinski definition) is 4. The van der Waals surface area contributed by atoms with Crippen molar-refractivity contribution in [3.63, 3.8) is 0 Å². The van der Waals surface area contributed by atoms with E-state index < -0.39 is 5.41 Å². The van der Waals surface area contributed by atoms with Gasteiger partial charge in [0.25, 0.3) is 0 Å². The fourth-order valence-electron chi connectivity index (χ4n) is 4.10. The number of anilines is 1. The Hall–Kier alpha value is -3.41. The number of aromatic nitrogens is 1. The number of hydrogen-bond donors (Lipinski definition) is 1. The number of para-hydroxylation sites is 1. The molecule has 2 heterocycles. The zero-order chi connectivity index (χ0) is 20.3. The summed E-state index contributed by atoms with van der Waals surface area (Å²) in [7, 11) is 1.80. The number of carbonyl (C=O) groups excluding carboxylic acids is 2. The normalized spacial score (nSPS) is 18.0. The number of rotatable bonds is 7. The van der Waals surface area contributed by atoms with E-state index in [1.54, 1.807) is 24.2 Å². The lowest BCUT2D eigenvalue weighted by Crippen LogP contribution is -2.41. The second-order valence-corrected chi connectivity index (χ2v) is 7.38. The predicted octanol–water partition coefficient (Wildman–Crippen LogP) is 3.23. The molecule has 1 atom stereocenters. The monoisotopic (exact) mass is 389 g/mol. The molecule has 6 heteroatoms. The zero-order valence-electron chi connectivity index (χ0n) is 16.3. The molecule has 0 fully saturated rings. The van der Waals surface area contributed by atoms with Gasteiger partial charge in [-0.15, -0.1) is 0 Å². The molecule has 2 amide bonds. The van der Waals surface area contributed by atoms with Crippen molar-refractivity contribution in [1.29, 1.82) is 0 Å². The highest BCUT2D eigenvalue weighted by Gasteiger charge is 2.49. The summed E-state index contributed by atoms with van der Waals surface area (Å²) in [4.78, 5) is 27.6. The first-order valence-electron chi connectivity index (χ1n) is 9.68. The van der Waals surface area contributed by atoms with Crippen LogP contribution in [-0.2, 0) is 28.0 Å². The largest absolute Gasteiger partial charge is 0.360 e. The number of nitrogens with one attached hydrogen (secondary N) is 1. The van der Waals surface area contributed by atoms with Crippen LogP contribution in [0.1, 0.15) is 29.7 Å². The molecule has 4 rings (SSSR count). The van der Waals surface area contributed by atoms with Gasteiger partial charge in [-0.2, -0.15) is 0 Å². The lowest BCUT2D eigenvalue weighted by Gasteiger charge is -2.28. The molecule has 0 saturated carbocycles. The van der Waals surface area contributed by atoms with Crippen LogP contribution >= 0.6 is 0 Å². The van der Waals surface area contributed by atoms with Crippen LogP contribution in [-0.4, -0.2) is 24.0 Å². The molecule has 148 valence electrons. The van der Waals surface area contributed by atoms with E-state index in [0.717, 1.165) is 16.8 Å². The molecule has 1 aromatic heterocycles. The van der Waals surface area contributed by atoms with Crippen LogP contribution in [0.5, 0.6) is 0 Å². The van der Waals surface area contributed by atoms with E-state index in [0.29, 0.717) is 18.6 Å². The van der Waals surface area contributed by atoms with E-state index in [-0.39, 0.29) is 24.8 Å². The third-order valence-electron chi connectivity index (χ3n) is 5.57. The Morgan fingerprint density at radius 2 is 1.86 bits per heavy atom. The molecular weight excluding hydrogens is 366 g/mol. The Morgan fingerprint density at radius 3 is 2.62 bits per heavy atom. The van der Waals surface area contributed by atoms with Crippen molar-refractivity contribution >= 4 is 17.5 Å². The molecule has 0 spiro atoms. The van der Waals surface area contributed by atoms with Gasteiger partial charge in [-0.3, -0.25) is 9.59 Å². The summed E-state index contributed by atoms with van der Waals surface area (Å²) in [6.07, 6.45) is 2.78. The van der Waals surface area contributed by atoms with Gasteiger partial charge in [0.05, 0.1) is 18.2 Å². The first-order valence-corrected chi connectivity index (χ1v) is 9.68. The molecule has 2 aromatic carbocycles. The lowest BCUT2D eigenvalue weighted by atomic mass is 9.73. The number of amides is 2. The fraction of sp³-hybridized carbons (Fsp3) is 0.261. The minimum atomic E-state index is -0.754. The predicted molar refractivity (Wildman–Crippen MR) is 109 cm³/mol. The molecule has 1 unspecified atom stereocenters. The highest BCUT2D eigenvalue weighted by atomic mass is 16.5. The first-order chi connectivity index (χ1) is 14.1. The number of carbonyl (C=O) groups is 2. The van der Waals surface area contributed by atoms with Gasteiger partial charge in [-0.05, 0) is 30.0 Å². The Bertz CT molecular complexity index is 1000. The molecule has 29 heavy (non-hydrogen) atoms. The van der Waals surface area contributed by atoms with E-state index in [4.69, 9.17) is 4.52 Å². The highest BCUT2D eigenvalue weighted by molar-refractivity contribution is 6.08. The third kappa shape index (κ3) is 3.66.